The first-order valence-electron chi connectivity index (χ1n) is 6.98. The van der Waals surface area contributed by atoms with Gasteiger partial charge >= 0.3 is 0 Å². The Morgan fingerprint density at radius 3 is 2.81 bits per heavy atom. The highest BCUT2D eigenvalue weighted by Crippen LogP contribution is 2.28. The fraction of sp³-hybridized carbons (Fsp3) is 0.294. The van der Waals surface area contributed by atoms with Gasteiger partial charge < -0.3 is 9.47 Å². The fourth-order valence-corrected chi connectivity index (χ4v) is 3.03. The molecule has 1 aliphatic heterocycles. The number of hydrogen-bond donors (Lipinski definition) is 0. The Morgan fingerprint density at radius 1 is 1.14 bits per heavy atom. The predicted octanol–water partition coefficient (Wildman–Crippen LogP) is 4.79. The molecular formula is C17H16BrClO2. The molecule has 2 aromatic carbocycles. The summed E-state index contributed by atoms with van der Waals surface area (Å²) in [5.41, 5.74) is 3.71. The third kappa shape index (κ3) is 3.53. The molecule has 0 saturated heterocycles. The fourth-order valence-electron chi connectivity index (χ4n) is 2.42. The highest BCUT2D eigenvalue weighted by molar-refractivity contribution is 9.08. The lowest BCUT2D eigenvalue weighted by Crippen LogP contribution is -2.02. The Balaban J connectivity index is 1.58. The molecule has 4 heteroatoms. The Labute approximate surface area is 138 Å². The van der Waals surface area contributed by atoms with E-state index < -0.39 is 0 Å². The van der Waals surface area contributed by atoms with E-state index in [4.69, 9.17) is 21.1 Å². The largest absolute Gasteiger partial charge is 0.493 e. The van der Waals surface area contributed by atoms with E-state index in [-0.39, 0.29) is 0 Å². The summed E-state index contributed by atoms with van der Waals surface area (Å²) in [5.74, 6) is 1.76. The van der Waals surface area contributed by atoms with Gasteiger partial charge in [-0.25, -0.2) is 0 Å². The second-order valence-corrected chi connectivity index (χ2v) is 6.01. The quantitative estimate of drug-likeness (QED) is 0.707. The molecule has 0 fully saturated rings. The van der Waals surface area contributed by atoms with E-state index >= 15 is 0 Å². The average molecular weight is 368 g/mol. The van der Waals surface area contributed by atoms with Crippen molar-refractivity contribution in [2.45, 2.75) is 18.2 Å². The van der Waals surface area contributed by atoms with Gasteiger partial charge in [-0.15, -0.1) is 0 Å². The molecular weight excluding hydrogens is 352 g/mol. The maximum Gasteiger partial charge on any atom is 0.137 e. The summed E-state index contributed by atoms with van der Waals surface area (Å²) < 4.78 is 11.3. The van der Waals surface area contributed by atoms with Crippen LogP contribution >= 0.6 is 27.5 Å². The van der Waals surface area contributed by atoms with Gasteiger partial charge in [0.1, 0.15) is 11.5 Å². The van der Waals surface area contributed by atoms with Gasteiger partial charge in [-0.2, -0.15) is 0 Å². The van der Waals surface area contributed by atoms with Crippen LogP contribution in [0.4, 0.5) is 0 Å². The van der Waals surface area contributed by atoms with Crippen LogP contribution in [0.1, 0.15) is 16.7 Å². The first-order valence-corrected chi connectivity index (χ1v) is 8.48. The molecule has 0 saturated carbocycles. The molecule has 0 aliphatic carbocycles. The molecule has 1 aliphatic rings. The van der Waals surface area contributed by atoms with Crippen LogP contribution in [-0.4, -0.2) is 13.2 Å². The summed E-state index contributed by atoms with van der Waals surface area (Å²) in [4.78, 5) is 0. The molecule has 0 N–H and O–H groups in total. The minimum atomic E-state index is 0.618. The standard InChI is InChI=1S/C17H16BrClO2/c18-11-13-2-4-17(15(19)10-13)21-7-5-12-1-3-16-14(9-12)6-8-20-16/h1-4,9-10H,5-8,11H2. The second-order valence-electron chi connectivity index (χ2n) is 5.04. The highest BCUT2D eigenvalue weighted by Gasteiger charge is 2.12. The maximum atomic E-state index is 6.20. The first-order chi connectivity index (χ1) is 10.3. The lowest BCUT2D eigenvalue weighted by Gasteiger charge is -2.09. The second kappa shape index (κ2) is 6.71. The summed E-state index contributed by atoms with van der Waals surface area (Å²) >= 11 is 9.62. The molecule has 0 spiro atoms. The zero-order chi connectivity index (χ0) is 14.7. The van der Waals surface area contributed by atoms with Crippen molar-refractivity contribution >= 4 is 27.5 Å². The van der Waals surface area contributed by atoms with Crippen molar-refractivity contribution in [2.75, 3.05) is 13.2 Å². The van der Waals surface area contributed by atoms with E-state index in [2.05, 4.69) is 34.1 Å². The molecule has 0 amide bonds. The van der Waals surface area contributed by atoms with Crippen LogP contribution in [0, 0.1) is 0 Å². The van der Waals surface area contributed by atoms with Gasteiger partial charge in [-0.05, 0) is 34.9 Å². The SMILES string of the molecule is Clc1cc(CBr)ccc1OCCc1ccc2c(c1)CCO2. The molecule has 0 aromatic heterocycles. The molecule has 21 heavy (non-hydrogen) atoms. The first kappa shape index (κ1) is 14.7. The van der Waals surface area contributed by atoms with Gasteiger partial charge in [0.2, 0.25) is 0 Å². The molecule has 0 bridgehead atoms. The van der Waals surface area contributed by atoms with Gasteiger partial charge in [-0.3, -0.25) is 0 Å². The van der Waals surface area contributed by atoms with E-state index in [1.807, 2.05) is 18.2 Å². The average Bonchev–Trinajstić information content (AvgIpc) is 2.96. The van der Waals surface area contributed by atoms with Crippen molar-refractivity contribution < 1.29 is 9.47 Å². The number of alkyl halides is 1. The number of hydrogen-bond acceptors (Lipinski definition) is 2. The van der Waals surface area contributed by atoms with Crippen molar-refractivity contribution in [1.29, 1.82) is 0 Å². The summed E-state index contributed by atoms with van der Waals surface area (Å²) in [7, 11) is 0. The molecule has 3 rings (SSSR count). The van der Waals surface area contributed by atoms with Crippen LogP contribution in [0.15, 0.2) is 36.4 Å². The van der Waals surface area contributed by atoms with Gasteiger partial charge in [0.15, 0.2) is 0 Å². The van der Waals surface area contributed by atoms with Gasteiger partial charge in [0.25, 0.3) is 0 Å². The Kier molecular flexibility index (Phi) is 4.71. The van der Waals surface area contributed by atoms with Crippen molar-refractivity contribution in [1.82, 2.24) is 0 Å². The zero-order valence-corrected chi connectivity index (χ0v) is 13.9. The van der Waals surface area contributed by atoms with Crippen LogP contribution < -0.4 is 9.47 Å². The number of benzene rings is 2. The smallest absolute Gasteiger partial charge is 0.137 e. The van der Waals surface area contributed by atoms with E-state index in [0.717, 1.165) is 41.8 Å². The Hall–Kier alpha value is -1.19. The summed E-state index contributed by atoms with van der Waals surface area (Å²) in [6, 6.07) is 12.2. The third-order valence-electron chi connectivity index (χ3n) is 3.55. The number of fused-ring (bicyclic) bond motifs is 1. The van der Waals surface area contributed by atoms with E-state index in [9.17, 15) is 0 Å². The normalized spacial score (nSPS) is 12.9. The van der Waals surface area contributed by atoms with Crippen LogP contribution in [-0.2, 0) is 18.2 Å². The molecule has 2 aromatic rings. The van der Waals surface area contributed by atoms with Crippen molar-refractivity contribution in [3.05, 3.63) is 58.1 Å². The molecule has 1 heterocycles. The van der Waals surface area contributed by atoms with Gasteiger partial charge in [-0.1, -0.05) is 45.7 Å². The van der Waals surface area contributed by atoms with Gasteiger partial charge in [0, 0.05) is 18.2 Å². The maximum absolute atomic E-state index is 6.20. The minimum Gasteiger partial charge on any atom is -0.493 e. The monoisotopic (exact) mass is 366 g/mol. The Bertz CT molecular complexity index is 643. The molecule has 110 valence electrons. The molecule has 0 atom stereocenters. The number of ether oxygens (including phenoxy) is 2. The molecule has 0 unspecified atom stereocenters. The van der Waals surface area contributed by atoms with E-state index in [0.29, 0.717) is 11.6 Å². The highest BCUT2D eigenvalue weighted by atomic mass is 79.9. The molecule has 0 radical (unpaired) electrons. The van der Waals surface area contributed by atoms with Crippen LogP contribution in [0.25, 0.3) is 0 Å². The summed E-state index contributed by atoms with van der Waals surface area (Å²) in [5, 5.41) is 1.46. The summed E-state index contributed by atoms with van der Waals surface area (Å²) in [6.45, 7) is 1.41. The van der Waals surface area contributed by atoms with E-state index in [1.54, 1.807) is 0 Å². The zero-order valence-electron chi connectivity index (χ0n) is 11.6. The third-order valence-corrected chi connectivity index (χ3v) is 4.50. The lowest BCUT2D eigenvalue weighted by atomic mass is 10.1. The number of halogens is 2. The topological polar surface area (TPSA) is 18.5 Å². The van der Waals surface area contributed by atoms with Crippen molar-refractivity contribution in [2.24, 2.45) is 0 Å². The van der Waals surface area contributed by atoms with Gasteiger partial charge in [0.05, 0.1) is 18.2 Å². The van der Waals surface area contributed by atoms with Crippen LogP contribution in [0.2, 0.25) is 5.02 Å². The van der Waals surface area contributed by atoms with Crippen LogP contribution in [0.5, 0.6) is 11.5 Å². The van der Waals surface area contributed by atoms with E-state index in [1.165, 1.54) is 11.1 Å². The minimum absolute atomic E-state index is 0.618. The lowest BCUT2D eigenvalue weighted by molar-refractivity contribution is 0.322. The van der Waals surface area contributed by atoms with Crippen molar-refractivity contribution in [3.8, 4) is 11.5 Å². The Morgan fingerprint density at radius 2 is 2.00 bits per heavy atom. The van der Waals surface area contributed by atoms with Crippen LogP contribution in [0.3, 0.4) is 0 Å². The molecule has 2 nitrogen and oxygen atoms in total. The summed E-state index contributed by atoms with van der Waals surface area (Å²) in [6.07, 6.45) is 1.87. The number of rotatable bonds is 5. The van der Waals surface area contributed by atoms with Crippen molar-refractivity contribution in [3.63, 3.8) is 0 Å². The predicted molar refractivity (Wildman–Crippen MR) is 88.9 cm³/mol.